The normalized spacial score (nSPS) is 28.6. The first kappa shape index (κ1) is 15.8. The van der Waals surface area contributed by atoms with E-state index in [1.807, 2.05) is 11.6 Å². The maximum atomic E-state index is 6.60. The minimum absolute atomic E-state index is 0.222. The first-order valence-electron chi connectivity index (χ1n) is 7.64. The van der Waals surface area contributed by atoms with Gasteiger partial charge in [-0.05, 0) is 32.6 Å². The lowest BCUT2D eigenvalue weighted by molar-refractivity contribution is -0.0952. The van der Waals surface area contributed by atoms with Crippen LogP contribution in [-0.4, -0.2) is 22.0 Å². The van der Waals surface area contributed by atoms with Gasteiger partial charge >= 0.3 is 0 Å². The summed E-state index contributed by atoms with van der Waals surface area (Å²) in [5, 5.41) is 4.96. The predicted octanol–water partition coefficient (Wildman–Crippen LogP) is 3.54. The van der Waals surface area contributed by atoms with E-state index in [2.05, 4.69) is 18.9 Å². The molecule has 1 aliphatic rings. The third-order valence-corrected chi connectivity index (χ3v) is 4.71. The molecular formula is C15H26ClN3O. The van der Waals surface area contributed by atoms with Gasteiger partial charge in [0.25, 0.3) is 0 Å². The molecule has 3 atom stereocenters. The Hall–Kier alpha value is -0.580. The van der Waals surface area contributed by atoms with Gasteiger partial charge in [-0.25, -0.2) is 0 Å². The molecule has 0 aromatic carbocycles. The van der Waals surface area contributed by atoms with Crippen molar-refractivity contribution in [2.75, 3.05) is 6.61 Å². The Balaban J connectivity index is 2.35. The molecule has 2 rings (SSSR count). The minimum atomic E-state index is -0.303. The topological polar surface area (TPSA) is 53.1 Å². The van der Waals surface area contributed by atoms with Crippen LogP contribution in [0.15, 0.2) is 6.20 Å². The van der Waals surface area contributed by atoms with Gasteiger partial charge in [-0.3, -0.25) is 4.68 Å². The molecule has 3 unspecified atom stereocenters. The maximum Gasteiger partial charge on any atom is 0.0892 e. The van der Waals surface area contributed by atoms with Crippen molar-refractivity contribution in [1.29, 1.82) is 0 Å². The number of hydrogen-bond acceptors (Lipinski definition) is 3. The molecule has 1 aliphatic carbocycles. The zero-order chi connectivity index (χ0) is 14.8. The highest BCUT2D eigenvalue weighted by atomic mass is 35.5. The van der Waals surface area contributed by atoms with E-state index in [-0.39, 0.29) is 11.6 Å². The SMILES string of the molecule is CCOC1(C(N)c2c(Cl)cnn2CC)CCCC(C)C1. The van der Waals surface area contributed by atoms with Gasteiger partial charge in [0.2, 0.25) is 0 Å². The number of aryl methyl sites for hydroxylation is 1. The molecule has 1 aromatic rings. The summed E-state index contributed by atoms with van der Waals surface area (Å²) >= 11 is 6.32. The molecule has 20 heavy (non-hydrogen) atoms. The highest BCUT2D eigenvalue weighted by Crippen LogP contribution is 2.43. The van der Waals surface area contributed by atoms with Crippen molar-refractivity contribution in [2.45, 2.75) is 64.6 Å². The van der Waals surface area contributed by atoms with Gasteiger partial charge in [-0.2, -0.15) is 5.10 Å². The lowest BCUT2D eigenvalue weighted by Crippen LogP contribution is -2.48. The van der Waals surface area contributed by atoms with E-state index in [4.69, 9.17) is 22.1 Å². The second kappa shape index (κ2) is 6.46. The second-order valence-electron chi connectivity index (χ2n) is 5.87. The molecule has 0 radical (unpaired) electrons. The van der Waals surface area contributed by atoms with Crippen LogP contribution in [0, 0.1) is 5.92 Å². The minimum Gasteiger partial charge on any atom is -0.373 e. The lowest BCUT2D eigenvalue weighted by atomic mass is 9.74. The summed E-state index contributed by atoms with van der Waals surface area (Å²) in [6.07, 6.45) is 6.09. The number of rotatable bonds is 5. The standard InChI is InChI=1S/C15H26ClN3O/c1-4-19-13(12(16)10-18-19)14(17)15(20-5-2)8-6-7-11(3)9-15/h10-11,14H,4-9,17H2,1-3H3. The third-order valence-electron chi connectivity index (χ3n) is 4.42. The largest absolute Gasteiger partial charge is 0.373 e. The van der Waals surface area contributed by atoms with E-state index in [1.165, 1.54) is 6.42 Å². The Morgan fingerprint density at radius 3 is 2.95 bits per heavy atom. The second-order valence-corrected chi connectivity index (χ2v) is 6.28. The average Bonchev–Trinajstić information content (AvgIpc) is 2.79. The molecule has 1 aromatic heterocycles. The summed E-state index contributed by atoms with van der Waals surface area (Å²) < 4.78 is 8.05. The van der Waals surface area contributed by atoms with Gasteiger partial charge in [0.1, 0.15) is 0 Å². The molecule has 0 bridgehead atoms. The number of ether oxygens (including phenoxy) is 1. The van der Waals surface area contributed by atoms with Crippen LogP contribution in [-0.2, 0) is 11.3 Å². The Bertz CT molecular complexity index is 444. The van der Waals surface area contributed by atoms with Gasteiger partial charge in [-0.15, -0.1) is 0 Å². The molecule has 0 spiro atoms. The van der Waals surface area contributed by atoms with Crippen LogP contribution in [0.5, 0.6) is 0 Å². The van der Waals surface area contributed by atoms with Gasteiger partial charge in [0.15, 0.2) is 0 Å². The fourth-order valence-electron chi connectivity index (χ4n) is 3.52. The first-order valence-corrected chi connectivity index (χ1v) is 8.02. The molecule has 1 fully saturated rings. The monoisotopic (exact) mass is 299 g/mol. The fraction of sp³-hybridized carbons (Fsp3) is 0.800. The summed E-state index contributed by atoms with van der Waals surface area (Å²) in [5.41, 5.74) is 7.22. The number of nitrogens with two attached hydrogens (primary N) is 1. The molecule has 0 amide bonds. The van der Waals surface area contributed by atoms with Crippen molar-refractivity contribution >= 4 is 11.6 Å². The van der Waals surface area contributed by atoms with Gasteiger partial charge < -0.3 is 10.5 Å². The first-order chi connectivity index (χ1) is 9.54. The Labute approximate surface area is 126 Å². The number of halogens is 1. The summed E-state index contributed by atoms with van der Waals surface area (Å²) in [6.45, 7) is 7.81. The number of nitrogens with zero attached hydrogens (tertiary/aromatic N) is 2. The quantitative estimate of drug-likeness (QED) is 0.904. The van der Waals surface area contributed by atoms with Crippen LogP contribution in [0.2, 0.25) is 5.02 Å². The van der Waals surface area contributed by atoms with Crippen molar-refractivity contribution in [3.05, 3.63) is 16.9 Å². The highest BCUT2D eigenvalue weighted by Gasteiger charge is 2.43. The smallest absolute Gasteiger partial charge is 0.0892 e. The molecule has 0 aliphatic heterocycles. The van der Waals surface area contributed by atoms with Crippen LogP contribution in [0.4, 0.5) is 0 Å². The Morgan fingerprint density at radius 2 is 2.35 bits per heavy atom. The van der Waals surface area contributed by atoms with Crippen molar-refractivity contribution < 1.29 is 4.74 Å². The zero-order valence-electron chi connectivity index (χ0n) is 12.7. The molecular weight excluding hydrogens is 274 g/mol. The summed E-state index contributed by atoms with van der Waals surface area (Å²) in [5.74, 6) is 0.637. The predicted molar refractivity (Wildman–Crippen MR) is 81.8 cm³/mol. The van der Waals surface area contributed by atoms with E-state index in [1.54, 1.807) is 6.20 Å². The maximum absolute atomic E-state index is 6.60. The summed E-state index contributed by atoms with van der Waals surface area (Å²) in [4.78, 5) is 0. The van der Waals surface area contributed by atoms with E-state index in [0.29, 0.717) is 17.5 Å². The molecule has 0 saturated heterocycles. The molecule has 114 valence electrons. The van der Waals surface area contributed by atoms with E-state index in [0.717, 1.165) is 31.5 Å². The lowest BCUT2D eigenvalue weighted by Gasteiger charge is -2.44. The molecule has 5 heteroatoms. The van der Waals surface area contributed by atoms with E-state index >= 15 is 0 Å². The van der Waals surface area contributed by atoms with Crippen LogP contribution >= 0.6 is 11.6 Å². The highest BCUT2D eigenvalue weighted by molar-refractivity contribution is 6.31. The van der Waals surface area contributed by atoms with Gasteiger partial charge in [-0.1, -0.05) is 31.4 Å². The van der Waals surface area contributed by atoms with Gasteiger partial charge in [0.05, 0.1) is 28.6 Å². The van der Waals surface area contributed by atoms with Crippen molar-refractivity contribution in [3.63, 3.8) is 0 Å². The zero-order valence-corrected chi connectivity index (χ0v) is 13.5. The van der Waals surface area contributed by atoms with Crippen molar-refractivity contribution in [3.8, 4) is 0 Å². The summed E-state index contributed by atoms with van der Waals surface area (Å²) in [7, 11) is 0. The molecule has 1 saturated carbocycles. The van der Waals surface area contributed by atoms with Gasteiger partial charge in [0, 0.05) is 13.2 Å². The van der Waals surface area contributed by atoms with Crippen molar-refractivity contribution in [1.82, 2.24) is 9.78 Å². The Morgan fingerprint density at radius 1 is 1.60 bits per heavy atom. The van der Waals surface area contributed by atoms with Crippen LogP contribution in [0.3, 0.4) is 0 Å². The number of aromatic nitrogens is 2. The van der Waals surface area contributed by atoms with Crippen LogP contribution < -0.4 is 5.73 Å². The van der Waals surface area contributed by atoms with Crippen LogP contribution in [0.1, 0.15) is 58.2 Å². The Kier molecular flexibility index (Phi) is 5.10. The summed E-state index contributed by atoms with van der Waals surface area (Å²) in [6, 6.07) is -0.222. The molecule has 1 heterocycles. The third kappa shape index (κ3) is 2.87. The average molecular weight is 300 g/mol. The van der Waals surface area contributed by atoms with Crippen LogP contribution in [0.25, 0.3) is 0 Å². The van der Waals surface area contributed by atoms with Crippen molar-refractivity contribution in [2.24, 2.45) is 11.7 Å². The molecule has 2 N–H and O–H groups in total. The van der Waals surface area contributed by atoms with E-state index < -0.39 is 0 Å². The number of hydrogen-bond donors (Lipinski definition) is 1. The fourth-order valence-corrected chi connectivity index (χ4v) is 3.78. The molecule has 4 nitrogen and oxygen atoms in total. The van der Waals surface area contributed by atoms with E-state index in [9.17, 15) is 0 Å².